The summed E-state index contributed by atoms with van der Waals surface area (Å²) in [6.07, 6.45) is 1.96. The molecule has 0 radical (unpaired) electrons. The van der Waals surface area contributed by atoms with E-state index >= 15 is 0 Å². The summed E-state index contributed by atoms with van der Waals surface area (Å²) in [7, 11) is 1.39. The Morgan fingerprint density at radius 1 is 1.32 bits per heavy atom. The molecule has 1 aliphatic carbocycles. The van der Waals surface area contributed by atoms with Crippen molar-refractivity contribution in [2.24, 2.45) is 5.92 Å². The van der Waals surface area contributed by atoms with Crippen LogP contribution < -0.4 is 4.90 Å². The molecule has 4 nitrogen and oxygen atoms in total. The Balaban J connectivity index is 2.13. The Bertz CT molecular complexity index is 553. The highest BCUT2D eigenvalue weighted by Crippen LogP contribution is 2.39. The summed E-state index contributed by atoms with van der Waals surface area (Å²) in [6.45, 7) is 4.19. The maximum atomic E-state index is 11.9. The van der Waals surface area contributed by atoms with Crippen LogP contribution in [-0.4, -0.2) is 24.5 Å². The van der Waals surface area contributed by atoms with E-state index in [1.165, 1.54) is 7.11 Å². The first-order chi connectivity index (χ1) is 10.4. The third-order valence-electron chi connectivity index (χ3n) is 4.27. The number of methoxy groups -OCH3 is 1. The zero-order chi connectivity index (χ0) is 16.3. The van der Waals surface area contributed by atoms with Crippen LogP contribution in [0.25, 0.3) is 0 Å². The van der Waals surface area contributed by atoms with Gasteiger partial charge < -0.3 is 4.74 Å². The van der Waals surface area contributed by atoms with Crippen molar-refractivity contribution in [3.63, 3.8) is 0 Å². The Labute approximate surface area is 136 Å². The molecule has 0 aliphatic heterocycles. The number of hydrogen-bond acceptors (Lipinski definition) is 3. The lowest BCUT2D eigenvalue weighted by molar-refractivity contribution is -0.142. The van der Waals surface area contributed by atoms with Crippen molar-refractivity contribution < 1.29 is 14.3 Å². The first-order valence-electron chi connectivity index (χ1n) is 7.58. The molecule has 0 heterocycles. The molecule has 0 saturated heterocycles. The fourth-order valence-corrected chi connectivity index (χ4v) is 3.26. The largest absolute Gasteiger partial charge is 0.469 e. The van der Waals surface area contributed by atoms with Crippen LogP contribution in [0.15, 0.2) is 24.3 Å². The van der Waals surface area contributed by atoms with Crippen LogP contribution in [0.1, 0.15) is 44.6 Å². The lowest BCUT2D eigenvalue weighted by Gasteiger charge is -2.42. The molecule has 120 valence electrons. The minimum atomic E-state index is -0.463. The number of benzene rings is 1. The van der Waals surface area contributed by atoms with Crippen LogP contribution in [0.3, 0.4) is 0 Å². The molecule has 0 atom stereocenters. The van der Waals surface area contributed by atoms with E-state index in [0.717, 1.165) is 24.1 Å². The lowest BCUT2D eigenvalue weighted by atomic mass is 9.77. The molecule has 1 saturated carbocycles. The monoisotopic (exact) mass is 323 g/mol. The van der Waals surface area contributed by atoms with E-state index in [4.69, 9.17) is 11.6 Å². The Morgan fingerprint density at radius 3 is 2.50 bits per heavy atom. The highest BCUT2D eigenvalue weighted by atomic mass is 35.5. The van der Waals surface area contributed by atoms with Crippen molar-refractivity contribution in [3.8, 4) is 0 Å². The first-order valence-corrected chi connectivity index (χ1v) is 7.96. The smallest absolute Gasteiger partial charge is 0.321 e. The zero-order valence-corrected chi connectivity index (χ0v) is 14.0. The number of halogens is 1. The fourth-order valence-electron chi connectivity index (χ4n) is 3.03. The van der Waals surface area contributed by atoms with Gasteiger partial charge in [-0.25, -0.2) is 0 Å². The van der Waals surface area contributed by atoms with E-state index < -0.39 is 5.37 Å². The molecule has 1 aliphatic rings. The van der Waals surface area contributed by atoms with Gasteiger partial charge in [0.25, 0.3) is 0 Å². The van der Waals surface area contributed by atoms with E-state index in [-0.39, 0.29) is 17.9 Å². The minimum Gasteiger partial charge on any atom is -0.469 e. The second-order valence-electron chi connectivity index (χ2n) is 6.11. The van der Waals surface area contributed by atoms with E-state index in [1.807, 2.05) is 24.3 Å². The van der Waals surface area contributed by atoms with E-state index in [0.29, 0.717) is 12.3 Å². The molecule has 0 bridgehead atoms. The molecule has 0 aromatic heterocycles. The van der Waals surface area contributed by atoms with Crippen molar-refractivity contribution in [2.45, 2.75) is 45.1 Å². The number of esters is 1. The minimum absolute atomic E-state index is 0.0551. The SMILES string of the molecule is COC(=O)CC1CC(N(C(=O)Cl)c2ccccc2C(C)C)C1. The zero-order valence-electron chi connectivity index (χ0n) is 13.2. The molecule has 0 unspecified atom stereocenters. The number of nitrogens with zero attached hydrogens (tertiary/aromatic N) is 1. The highest BCUT2D eigenvalue weighted by molar-refractivity contribution is 6.66. The van der Waals surface area contributed by atoms with Gasteiger partial charge in [0.15, 0.2) is 0 Å². The first kappa shape index (κ1) is 16.8. The number of hydrogen-bond donors (Lipinski definition) is 0. The molecule has 0 N–H and O–H groups in total. The van der Waals surface area contributed by atoms with Crippen LogP contribution >= 0.6 is 11.6 Å². The summed E-state index contributed by atoms with van der Waals surface area (Å²) in [5, 5.41) is -0.463. The topological polar surface area (TPSA) is 46.6 Å². The van der Waals surface area contributed by atoms with Gasteiger partial charge >= 0.3 is 11.3 Å². The van der Waals surface area contributed by atoms with Crippen molar-refractivity contribution in [1.29, 1.82) is 0 Å². The average molecular weight is 324 g/mol. The molecule has 22 heavy (non-hydrogen) atoms. The summed E-state index contributed by atoms with van der Waals surface area (Å²) >= 11 is 5.84. The van der Waals surface area contributed by atoms with Gasteiger partial charge in [0.05, 0.1) is 7.11 Å². The van der Waals surface area contributed by atoms with E-state index in [9.17, 15) is 9.59 Å². The predicted molar refractivity (Wildman–Crippen MR) is 87.4 cm³/mol. The number of carbonyl (C=O) groups excluding carboxylic acids is 2. The van der Waals surface area contributed by atoms with E-state index in [2.05, 4.69) is 18.6 Å². The average Bonchev–Trinajstić information content (AvgIpc) is 2.44. The number of ether oxygens (including phenoxy) is 1. The maximum absolute atomic E-state index is 11.9. The fraction of sp³-hybridized carbons (Fsp3) is 0.529. The Kier molecular flexibility index (Phi) is 5.46. The molecule has 0 spiro atoms. The van der Waals surface area contributed by atoms with Crippen LogP contribution in [-0.2, 0) is 9.53 Å². The van der Waals surface area contributed by atoms with Crippen LogP contribution in [0.5, 0.6) is 0 Å². The summed E-state index contributed by atoms with van der Waals surface area (Å²) in [6, 6.07) is 7.90. The predicted octanol–water partition coefficient (Wildman–Crippen LogP) is 4.32. The summed E-state index contributed by atoms with van der Waals surface area (Å²) in [4.78, 5) is 24.9. The molecular weight excluding hydrogens is 302 g/mol. The number of para-hydroxylation sites is 1. The lowest BCUT2D eigenvalue weighted by Crippen LogP contribution is -2.47. The van der Waals surface area contributed by atoms with Crippen molar-refractivity contribution in [2.75, 3.05) is 12.0 Å². The molecule has 2 rings (SSSR count). The van der Waals surface area contributed by atoms with Gasteiger partial charge in [0.2, 0.25) is 0 Å². The molecular formula is C17H22ClNO3. The van der Waals surface area contributed by atoms with Gasteiger partial charge in [-0.2, -0.15) is 0 Å². The van der Waals surface area contributed by atoms with Crippen LogP contribution in [0, 0.1) is 5.92 Å². The van der Waals surface area contributed by atoms with Gasteiger partial charge in [-0.1, -0.05) is 32.0 Å². The van der Waals surface area contributed by atoms with Gasteiger partial charge in [0.1, 0.15) is 0 Å². The van der Waals surface area contributed by atoms with E-state index in [1.54, 1.807) is 4.90 Å². The van der Waals surface area contributed by atoms with Gasteiger partial charge in [-0.05, 0) is 47.9 Å². The quantitative estimate of drug-likeness (QED) is 0.460. The maximum Gasteiger partial charge on any atom is 0.321 e. The van der Waals surface area contributed by atoms with Gasteiger partial charge in [-0.3, -0.25) is 14.5 Å². The normalized spacial score (nSPS) is 20.4. The van der Waals surface area contributed by atoms with Crippen LogP contribution in [0.4, 0.5) is 10.5 Å². The third-order valence-corrected chi connectivity index (χ3v) is 4.45. The van der Waals surface area contributed by atoms with Gasteiger partial charge in [0, 0.05) is 18.2 Å². The number of amides is 1. The third kappa shape index (κ3) is 3.61. The molecule has 1 amide bonds. The number of anilines is 1. The van der Waals surface area contributed by atoms with Crippen LogP contribution in [0.2, 0.25) is 0 Å². The molecule has 1 fully saturated rings. The summed E-state index contributed by atoms with van der Waals surface area (Å²) in [5.41, 5.74) is 1.98. The second-order valence-corrected chi connectivity index (χ2v) is 6.43. The standard InChI is InChI=1S/C17H22ClNO3/c1-11(2)14-6-4-5-7-15(14)19(17(18)21)13-8-12(9-13)10-16(20)22-3/h4-7,11-13H,8-10H2,1-3H3. The van der Waals surface area contributed by atoms with Crippen molar-refractivity contribution in [1.82, 2.24) is 0 Å². The van der Waals surface area contributed by atoms with Crippen molar-refractivity contribution >= 4 is 28.6 Å². The van der Waals surface area contributed by atoms with Gasteiger partial charge in [-0.15, -0.1) is 0 Å². The second kappa shape index (κ2) is 7.14. The molecule has 1 aromatic carbocycles. The molecule has 1 aromatic rings. The molecule has 5 heteroatoms. The number of carbonyl (C=O) groups is 2. The van der Waals surface area contributed by atoms with Crippen molar-refractivity contribution in [3.05, 3.63) is 29.8 Å². The summed E-state index contributed by atoms with van der Waals surface area (Å²) in [5.74, 6) is 0.373. The Hall–Kier alpha value is -1.55. The summed E-state index contributed by atoms with van der Waals surface area (Å²) < 4.78 is 4.69. The Morgan fingerprint density at radius 2 is 1.95 bits per heavy atom. The number of rotatable bonds is 5. The highest BCUT2D eigenvalue weighted by Gasteiger charge is 2.38.